The molecular weight excluding hydrogens is 408 g/mol. The predicted molar refractivity (Wildman–Crippen MR) is 103 cm³/mol. The summed E-state index contributed by atoms with van der Waals surface area (Å²) in [5.74, 6) is 3.43. The fraction of sp³-hybridized carbons (Fsp3) is 0.200. The lowest BCUT2D eigenvalue weighted by Gasteiger charge is -2.14. The van der Waals surface area contributed by atoms with Crippen LogP contribution in [0.5, 0.6) is 0 Å². The second-order valence-corrected chi connectivity index (χ2v) is 7.78. The van der Waals surface area contributed by atoms with E-state index in [0.29, 0.717) is 34.2 Å². The molecule has 10 heteroatoms. The third-order valence-corrected chi connectivity index (χ3v) is 5.01. The van der Waals surface area contributed by atoms with E-state index in [1.165, 1.54) is 14.1 Å². The minimum atomic E-state index is -3.53. The first-order valence-electron chi connectivity index (χ1n) is 7.09. The SMILES string of the molecule is C#CCNc1nc(Nc2ccc(NS(=O)(=O)N(C)C)cc2)ncc1Br. The van der Waals surface area contributed by atoms with Gasteiger partial charge in [0.15, 0.2) is 0 Å². The van der Waals surface area contributed by atoms with Crippen molar-refractivity contribution in [3.63, 3.8) is 0 Å². The zero-order valence-electron chi connectivity index (χ0n) is 13.6. The Morgan fingerprint density at radius 1 is 1.24 bits per heavy atom. The molecule has 0 spiro atoms. The van der Waals surface area contributed by atoms with Crippen LogP contribution >= 0.6 is 15.9 Å². The minimum absolute atomic E-state index is 0.343. The van der Waals surface area contributed by atoms with Gasteiger partial charge in [0.1, 0.15) is 5.82 Å². The molecule has 0 aliphatic carbocycles. The maximum Gasteiger partial charge on any atom is 0.301 e. The van der Waals surface area contributed by atoms with E-state index in [9.17, 15) is 8.42 Å². The Kier molecular flexibility index (Phi) is 6.19. The molecule has 1 aromatic carbocycles. The Balaban J connectivity index is 2.10. The number of hydrogen-bond donors (Lipinski definition) is 3. The quantitative estimate of drug-likeness (QED) is 0.589. The van der Waals surface area contributed by atoms with E-state index in [-0.39, 0.29) is 0 Å². The molecular formula is C15H17BrN6O2S. The molecule has 2 rings (SSSR count). The molecule has 0 atom stereocenters. The molecule has 0 saturated carbocycles. The molecule has 1 heterocycles. The summed E-state index contributed by atoms with van der Waals surface area (Å²) in [6, 6.07) is 6.71. The Bertz CT molecular complexity index is 878. The monoisotopic (exact) mass is 424 g/mol. The number of nitrogens with one attached hydrogen (secondary N) is 3. The van der Waals surface area contributed by atoms with Gasteiger partial charge in [-0.2, -0.15) is 17.7 Å². The van der Waals surface area contributed by atoms with E-state index in [1.54, 1.807) is 30.5 Å². The van der Waals surface area contributed by atoms with Crippen LogP contribution in [-0.4, -0.2) is 43.3 Å². The molecule has 25 heavy (non-hydrogen) atoms. The van der Waals surface area contributed by atoms with Crippen LogP contribution in [0.2, 0.25) is 0 Å². The molecule has 0 aliphatic rings. The van der Waals surface area contributed by atoms with E-state index in [4.69, 9.17) is 6.42 Å². The number of anilines is 4. The third-order valence-electron chi connectivity index (χ3n) is 2.97. The largest absolute Gasteiger partial charge is 0.358 e. The van der Waals surface area contributed by atoms with Crippen LogP contribution in [0.15, 0.2) is 34.9 Å². The molecule has 0 saturated heterocycles. The normalized spacial score (nSPS) is 11.0. The van der Waals surface area contributed by atoms with Gasteiger partial charge in [-0.25, -0.2) is 4.98 Å². The number of terminal acetylenes is 1. The molecule has 2 aromatic rings. The van der Waals surface area contributed by atoms with Crippen LogP contribution in [0.25, 0.3) is 0 Å². The van der Waals surface area contributed by atoms with E-state index in [2.05, 4.69) is 47.2 Å². The lowest BCUT2D eigenvalue weighted by atomic mass is 10.3. The van der Waals surface area contributed by atoms with Crippen molar-refractivity contribution in [3.05, 3.63) is 34.9 Å². The highest BCUT2D eigenvalue weighted by atomic mass is 79.9. The van der Waals surface area contributed by atoms with Gasteiger partial charge in [0.2, 0.25) is 5.95 Å². The fourth-order valence-electron chi connectivity index (χ4n) is 1.68. The van der Waals surface area contributed by atoms with Gasteiger partial charge in [0, 0.05) is 31.7 Å². The predicted octanol–water partition coefficient (Wildman–Crippen LogP) is 2.25. The molecule has 8 nitrogen and oxygen atoms in total. The van der Waals surface area contributed by atoms with E-state index < -0.39 is 10.2 Å². The molecule has 0 bridgehead atoms. The van der Waals surface area contributed by atoms with Gasteiger partial charge >= 0.3 is 10.2 Å². The zero-order chi connectivity index (χ0) is 18.4. The van der Waals surface area contributed by atoms with Gasteiger partial charge in [-0.05, 0) is 40.2 Å². The van der Waals surface area contributed by atoms with Crippen LogP contribution < -0.4 is 15.4 Å². The highest BCUT2D eigenvalue weighted by molar-refractivity contribution is 9.10. The van der Waals surface area contributed by atoms with Crippen LogP contribution in [-0.2, 0) is 10.2 Å². The Morgan fingerprint density at radius 3 is 2.48 bits per heavy atom. The maximum atomic E-state index is 11.8. The summed E-state index contributed by atoms with van der Waals surface area (Å²) in [6.07, 6.45) is 6.83. The van der Waals surface area contributed by atoms with Crippen molar-refractivity contribution in [2.75, 3.05) is 36.0 Å². The van der Waals surface area contributed by atoms with E-state index in [1.807, 2.05) is 0 Å². The van der Waals surface area contributed by atoms with Gasteiger partial charge in [-0.1, -0.05) is 5.92 Å². The van der Waals surface area contributed by atoms with Gasteiger partial charge in [0.25, 0.3) is 0 Å². The van der Waals surface area contributed by atoms with Crippen molar-refractivity contribution in [1.29, 1.82) is 0 Å². The number of nitrogens with zero attached hydrogens (tertiary/aromatic N) is 3. The maximum absolute atomic E-state index is 11.8. The molecule has 0 radical (unpaired) electrons. The van der Waals surface area contributed by atoms with Crippen molar-refractivity contribution in [2.45, 2.75) is 0 Å². The summed E-state index contributed by atoms with van der Waals surface area (Å²) in [4.78, 5) is 8.48. The average molecular weight is 425 g/mol. The summed E-state index contributed by atoms with van der Waals surface area (Å²) in [6.45, 7) is 0.343. The van der Waals surface area contributed by atoms with Gasteiger partial charge < -0.3 is 10.6 Å². The summed E-state index contributed by atoms with van der Waals surface area (Å²) in [5, 5.41) is 6.02. The number of halogens is 1. The topological polar surface area (TPSA) is 99.2 Å². The smallest absolute Gasteiger partial charge is 0.301 e. The highest BCUT2D eigenvalue weighted by Crippen LogP contribution is 2.22. The lowest BCUT2D eigenvalue weighted by molar-refractivity contribution is 0.527. The molecule has 132 valence electrons. The molecule has 0 amide bonds. The lowest BCUT2D eigenvalue weighted by Crippen LogP contribution is -2.28. The number of benzene rings is 1. The number of rotatable bonds is 7. The molecule has 0 unspecified atom stereocenters. The van der Waals surface area contributed by atoms with Crippen LogP contribution in [0.1, 0.15) is 0 Å². The first-order chi connectivity index (χ1) is 11.8. The van der Waals surface area contributed by atoms with Crippen LogP contribution in [0.4, 0.5) is 23.1 Å². The summed E-state index contributed by atoms with van der Waals surface area (Å²) in [5.41, 5.74) is 1.16. The molecule has 0 fully saturated rings. The Morgan fingerprint density at radius 2 is 1.88 bits per heavy atom. The zero-order valence-corrected chi connectivity index (χ0v) is 16.0. The van der Waals surface area contributed by atoms with E-state index in [0.717, 1.165) is 4.31 Å². The van der Waals surface area contributed by atoms with E-state index >= 15 is 0 Å². The van der Waals surface area contributed by atoms with Gasteiger partial charge in [-0.3, -0.25) is 4.72 Å². The van der Waals surface area contributed by atoms with Crippen molar-refractivity contribution < 1.29 is 8.42 Å². The van der Waals surface area contributed by atoms with Gasteiger partial charge in [0.05, 0.1) is 11.0 Å². The highest BCUT2D eigenvalue weighted by Gasteiger charge is 2.12. The minimum Gasteiger partial charge on any atom is -0.358 e. The van der Waals surface area contributed by atoms with Crippen molar-refractivity contribution in [1.82, 2.24) is 14.3 Å². The average Bonchev–Trinajstić information content (AvgIpc) is 2.56. The van der Waals surface area contributed by atoms with Crippen LogP contribution in [0.3, 0.4) is 0 Å². The second-order valence-electron chi connectivity index (χ2n) is 5.04. The van der Waals surface area contributed by atoms with Crippen molar-refractivity contribution >= 4 is 49.3 Å². The number of hydrogen-bond acceptors (Lipinski definition) is 6. The fourth-order valence-corrected chi connectivity index (χ4v) is 2.62. The van der Waals surface area contributed by atoms with Crippen molar-refractivity contribution in [3.8, 4) is 12.3 Å². The molecule has 0 aliphatic heterocycles. The third kappa shape index (κ3) is 5.32. The standard InChI is InChI=1S/C15H17BrN6O2S/c1-4-9-17-14-13(16)10-18-15(20-14)19-11-5-7-12(8-6-11)21-25(23,24)22(2)3/h1,5-8,10,21H,9H2,2-3H3,(H2,17,18,19,20). The molecule has 1 aromatic heterocycles. The summed E-state index contributed by atoms with van der Waals surface area (Å²) < 4.78 is 27.8. The summed E-state index contributed by atoms with van der Waals surface area (Å²) in [7, 11) is -0.627. The first-order valence-corrected chi connectivity index (χ1v) is 9.32. The number of aromatic nitrogens is 2. The Labute approximate surface area is 155 Å². The molecule has 3 N–H and O–H groups in total. The first kappa shape index (κ1) is 19.0. The Hall–Kier alpha value is -2.35. The van der Waals surface area contributed by atoms with Crippen LogP contribution in [0, 0.1) is 12.3 Å². The van der Waals surface area contributed by atoms with Crippen molar-refractivity contribution in [2.24, 2.45) is 0 Å². The van der Waals surface area contributed by atoms with Gasteiger partial charge in [-0.15, -0.1) is 6.42 Å². The second kappa shape index (κ2) is 8.15. The summed E-state index contributed by atoms with van der Waals surface area (Å²) >= 11 is 3.34.